The number of carbonyl (C=O) groups is 1. The lowest BCUT2D eigenvalue weighted by molar-refractivity contribution is -0.116. The van der Waals surface area contributed by atoms with Crippen LogP contribution in [-0.2, 0) is 9.53 Å². The number of rotatable bonds is 6. The molecule has 1 aliphatic rings. The lowest BCUT2D eigenvalue weighted by atomic mass is 9.87. The normalized spacial score (nSPS) is 25.1. The molecule has 1 N–H and O–H groups in total. The molecule has 0 bridgehead atoms. The molecule has 0 aromatic carbocycles. The Morgan fingerprint density at radius 3 is 2.65 bits per heavy atom. The van der Waals surface area contributed by atoms with E-state index in [1.165, 1.54) is 0 Å². The molecule has 0 atom stereocenters. The fourth-order valence-electron chi connectivity index (χ4n) is 2.19. The standard InChI is InChI=1S/C14H25NO2/c1-3-4-11-15-14(16)10-7-12-5-8-13(17-2)9-6-12/h7,10,12-13H,3-6,8-9,11H2,1-2H3,(H,15,16). The topological polar surface area (TPSA) is 38.3 Å². The Bertz CT molecular complexity index is 243. The Balaban J connectivity index is 2.18. The van der Waals surface area contributed by atoms with Gasteiger partial charge in [-0.05, 0) is 44.1 Å². The number of carbonyl (C=O) groups excluding carboxylic acids is 1. The molecule has 98 valence electrons. The lowest BCUT2D eigenvalue weighted by Gasteiger charge is -2.25. The summed E-state index contributed by atoms with van der Waals surface area (Å²) in [6.07, 6.45) is 10.9. The van der Waals surface area contributed by atoms with Gasteiger partial charge in [0.25, 0.3) is 0 Å². The third kappa shape index (κ3) is 5.87. The molecular formula is C14H25NO2. The van der Waals surface area contributed by atoms with E-state index < -0.39 is 0 Å². The maximum atomic E-state index is 11.5. The molecule has 1 saturated carbocycles. The van der Waals surface area contributed by atoms with Crippen LogP contribution in [0.1, 0.15) is 45.4 Å². The van der Waals surface area contributed by atoms with Gasteiger partial charge in [-0.2, -0.15) is 0 Å². The predicted octanol–water partition coefficient (Wildman–Crippen LogP) is 2.66. The summed E-state index contributed by atoms with van der Waals surface area (Å²) in [6.45, 7) is 2.91. The van der Waals surface area contributed by atoms with Crippen LogP contribution < -0.4 is 5.32 Å². The van der Waals surface area contributed by atoms with Crippen molar-refractivity contribution >= 4 is 5.91 Å². The van der Waals surface area contributed by atoms with Gasteiger partial charge in [-0.15, -0.1) is 0 Å². The van der Waals surface area contributed by atoms with Crippen LogP contribution in [0.25, 0.3) is 0 Å². The van der Waals surface area contributed by atoms with E-state index in [1.807, 2.05) is 0 Å². The molecule has 0 aliphatic heterocycles. The Kier molecular flexibility index (Phi) is 6.94. The van der Waals surface area contributed by atoms with Crippen molar-refractivity contribution in [2.45, 2.75) is 51.6 Å². The molecule has 0 unspecified atom stereocenters. The molecule has 0 aromatic rings. The molecule has 0 aromatic heterocycles. The van der Waals surface area contributed by atoms with Crippen molar-refractivity contribution in [1.29, 1.82) is 0 Å². The van der Waals surface area contributed by atoms with Crippen molar-refractivity contribution in [3.63, 3.8) is 0 Å². The fraction of sp³-hybridized carbons (Fsp3) is 0.786. The molecule has 1 amide bonds. The van der Waals surface area contributed by atoms with Gasteiger partial charge in [0.05, 0.1) is 6.10 Å². The monoisotopic (exact) mass is 239 g/mol. The third-order valence-electron chi connectivity index (χ3n) is 3.40. The second-order valence-electron chi connectivity index (χ2n) is 4.78. The minimum absolute atomic E-state index is 0.0484. The van der Waals surface area contributed by atoms with Crippen LogP contribution in [0, 0.1) is 5.92 Å². The van der Waals surface area contributed by atoms with E-state index in [0.29, 0.717) is 12.0 Å². The maximum absolute atomic E-state index is 11.5. The van der Waals surface area contributed by atoms with Crippen LogP contribution in [0.5, 0.6) is 0 Å². The second kappa shape index (κ2) is 8.29. The minimum atomic E-state index is 0.0484. The summed E-state index contributed by atoms with van der Waals surface area (Å²) in [5, 5.41) is 2.89. The lowest BCUT2D eigenvalue weighted by Crippen LogP contribution is -2.23. The van der Waals surface area contributed by atoms with Gasteiger partial charge in [-0.3, -0.25) is 4.79 Å². The molecule has 0 spiro atoms. The highest BCUT2D eigenvalue weighted by Gasteiger charge is 2.18. The quantitative estimate of drug-likeness (QED) is 0.571. The van der Waals surface area contributed by atoms with E-state index in [4.69, 9.17) is 4.74 Å². The second-order valence-corrected chi connectivity index (χ2v) is 4.78. The summed E-state index contributed by atoms with van der Waals surface area (Å²) in [7, 11) is 1.78. The SMILES string of the molecule is CCCCNC(=O)C=CC1CCC(OC)CC1. The number of unbranched alkanes of at least 4 members (excludes halogenated alkanes) is 1. The van der Waals surface area contributed by atoms with Gasteiger partial charge in [-0.25, -0.2) is 0 Å². The van der Waals surface area contributed by atoms with Crippen molar-refractivity contribution in [2.75, 3.05) is 13.7 Å². The highest BCUT2D eigenvalue weighted by atomic mass is 16.5. The van der Waals surface area contributed by atoms with Crippen molar-refractivity contribution < 1.29 is 9.53 Å². The number of allylic oxidation sites excluding steroid dienone is 1. The Hall–Kier alpha value is -0.830. The van der Waals surface area contributed by atoms with Crippen molar-refractivity contribution in [3.05, 3.63) is 12.2 Å². The molecule has 1 fully saturated rings. The van der Waals surface area contributed by atoms with Gasteiger partial charge < -0.3 is 10.1 Å². The zero-order valence-corrected chi connectivity index (χ0v) is 11.1. The summed E-state index contributed by atoms with van der Waals surface area (Å²) in [5.74, 6) is 0.602. The first-order chi connectivity index (χ1) is 8.26. The van der Waals surface area contributed by atoms with E-state index in [0.717, 1.165) is 45.1 Å². The Labute approximate surface area is 105 Å². The number of ether oxygens (including phenoxy) is 1. The first-order valence-corrected chi connectivity index (χ1v) is 6.75. The van der Waals surface area contributed by atoms with E-state index in [1.54, 1.807) is 13.2 Å². The molecule has 3 nitrogen and oxygen atoms in total. The first kappa shape index (κ1) is 14.2. The Morgan fingerprint density at radius 2 is 2.06 bits per heavy atom. The number of nitrogens with one attached hydrogen (secondary N) is 1. The van der Waals surface area contributed by atoms with E-state index in [-0.39, 0.29) is 5.91 Å². The summed E-state index contributed by atoms with van der Waals surface area (Å²) in [5.41, 5.74) is 0. The summed E-state index contributed by atoms with van der Waals surface area (Å²) in [6, 6.07) is 0. The van der Waals surface area contributed by atoms with E-state index in [2.05, 4.69) is 18.3 Å². The van der Waals surface area contributed by atoms with Gasteiger partial charge in [0, 0.05) is 13.7 Å². The zero-order chi connectivity index (χ0) is 12.5. The van der Waals surface area contributed by atoms with Crippen molar-refractivity contribution in [1.82, 2.24) is 5.32 Å². The molecule has 0 heterocycles. The molecule has 0 saturated heterocycles. The highest BCUT2D eigenvalue weighted by Crippen LogP contribution is 2.26. The average Bonchev–Trinajstić information content (AvgIpc) is 2.37. The van der Waals surface area contributed by atoms with Gasteiger partial charge in [0.2, 0.25) is 5.91 Å². The zero-order valence-electron chi connectivity index (χ0n) is 11.1. The predicted molar refractivity (Wildman–Crippen MR) is 69.8 cm³/mol. The highest BCUT2D eigenvalue weighted by molar-refractivity contribution is 5.87. The van der Waals surface area contributed by atoms with Crippen molar-refractivity contribution in [3.8, 4) is 0 Å². The molecular weight excluding hydrogens is 214 g/mol. The Morgan fingerprint density at radius 1 is 1.35 bits per heavy atom. The number of methoxy groups -OCH3 is 1. The van der Waals surface area contributed by atoms with Gasteiger partial charge >= 0.3 is 0 Å². The van der Waals surface area contributed by atoms with E-state index >= 15 is 0 Å². The number of hydrogen-bond donors (Lipinski definition) is 1. The summed E-state index contributed by atoms with van der Waals surface area (Å²) in [4.78, 5) is 11.5. The van der Waals surface area contributed by atoms with Crippen LogP contribution in [0.3, 0.4) is 0 Å². The molecule has 1 aliphatic carbocycles. The minimum Gasteiger partial charge on any atom is -0.381 e. The largest absolute Gasteiger partial charge is 0.381 e. The van der Waals surface area contributed by atoms with Gasteiger partial charge in [0.1, 0.15) is 0 Å². The average molecular weight is 239 g/mol. The van der Waals surface area contributed by atoms with E-state index in [9.17, 15) is 4.79 Å². The number of amides is 1. The van der Waals surface area contributed by atoms with Crippen LogP contribution in [0.2, 0.25) is 0 Å². The fourth-order valence-corrected chi connectivity index (χ4v) is 2.19. The number of hydrogen-bond acceptors (Lipinski definition) is 2. The molecule has 3 heteroatoms. The third-order valence-corrected chi connectivity index (χ3v) is 3.40. The van der Waals surface area contributed by atoms with Gasteiger partial charge in [0.15, 0.2) is 0 Å². The smallest absolute Gasteiger partial charge is 0.243 e. The van der Waals surface area contributed by atoms with Crippen LogP contribution >= 0.6 is 0 Å². The van der Waals surface area contributed by atoms with Crippen LogP contribution in [0.15, 0.2) is 12.2 Å². The molecule has 17 heavy (non-hydrogen) atoms. The van der Waals surface area contributed by atoms with Crippen LogP contribution in [-0.4, -0.2) is 25.7 Å². The molecule has 0 radical (unpaired) electrons. The van der Waals surface area contributed by atoms with Gasteiger partial charge in [-0.1, -0.05) is 19.4 Å². The maximum Gasteiger partial charge on any atom is 0.243 e. The first-order valence-electron chi connectivity index (χ1n) is 6.75. The summed E-state index contributed by atoms with van der Waals surface area (Å²) >= 11 is 0. The summed E-state index contributed by atoms with van der Waals surface area (Å²) < 4.78 is 5.33. The molecule has 1 rings (SSSR count). The van der Waals surface area contributed by atoms with Crippen LogP contribution in [0.4, 0.5) is 0 Å². The van der Waals surface area contributed by atoms with Crippen molar-refractivity contribution in [2.24, 2.45) is 5.92 Å².